The number of benzene rings is 3. The molecule has 9 nitrogen and oxygen atoms in total. The monoisotopic (exact) mass is 441 g/mol. The summed E-state index contributed by atoms with van der Waals surface area (Å²) in [6, 6.07) is 20.0. The zero-order valence-electron chi connectivity index (χ0n) is 16.2. The van der Waals surface area contributed by atoms with Crippen LogP contribution in [0, 0.1) is 10.1 Å². The van der Waals surface area contributed by atoms with Crippen LogP contribution in [0.3, 0.4) is 0 Å². The molecule has 0 aliphatic heterocycles. The number of hydrogen-bond acceptors (Lipinski definition) is 6. The molecule has 3 aromatic rings. The quantitative estimate of drug-likeness (QED) is 0.405. The summed E-state index contributed by atoms with van der Waals surface area (Å²) in [6.45, 7) is 0.293. The topological polar surface area (TPSA) is 128 Å². The fourth-order valence-corrected chi connectivity index (χ4v) is 3.72. The fourth-order valence-electron chi connectivity index (χ4n) is 2.64. The van der Waals surface area contributed by atoms with Crippen molar-refractivity contribution in [1.82, 2.24) is 5.32 Å². The molecular formula is C21H19N3O6S. The number of amides is 1. The summed E-state index contributed by atoms with van der Waals surface area (Å²) in [5.74, 6) is 0.193. The van der Waals surface area contributed by atoms with Crippen molar-refractivity contribution in [3.05, 3.63) is 94.5 Å². The van der Waals surface area contributed by atoms with Crippen LogP contribution < -0.4 is 14.8 Å². The molecule has 0 fully saturated rings. The summed E-state index contributed by atoms with van der Waals surface area (Å²) in [5.41, 5.74) is 1.22. The van der Waals surface area contributed by atoms with Crippen LogP contribution in [0.1, 0.15) is 5.56 Å². The molecule has 160 valence electrons. The van der Waals surface area contributed by atoms with Crippen molar-refractivity contribution in [3.63, 3.8) is 0 Å². The number of nitrogens with one attached hydrogen (secondary N) is 2. The van der Waals surface area contributed by atoms with Gasteiger partial charge in [-0.15, -0.1) is 0 Å². The first-order valence-corrected chi connectivity index (χ1v) is 10.7. The van der Waals surface area contributed by atoms with Crippen molar-refractivity contribution >= 4 is 27.5 Å². The van der Waals surface area contributed by atoms with Gasteiger partial charge < -0.3 is 10.1 Å². The molecule has 0 aliphatic carbocycles. The van der Waals surface area contributed by atoms with E-state index in [9.17, 15) is 23.3 Å². The average molecular weight is 441 g/mol. The highest BCUT2D eigenvalue weighted by Crippen LogP contribution is 2.18. The first kappa shape index (κ1) is 21.8. The van der Waals surface area contributed by atoms with E-state index in [1.54, 1.807) is 42.5 Å². The first-order valence-electron chi connectivity index (χ1n) is 9.20. The largest absolute Gasteiger partial charge is 0.412 e. The molecule has 0 aromatic heterocycles. The van der Waals surface area contributed by atoms with Crippen molar-refractivity contribution in [2.75, 3.05) is 11.3 Å². The third-order valence-corrected chi connectivity index (χ3v) is 5.60. The molecule has 0 atom stereocenters. The Bertz CT molecular complexity index is 1150. The SMILES string of the molecule is O=C(NCCc1ccc(NS(=O)(=O)c2ccccc2)cc1)Oc1ccc([N+](=O)[O-])cc1. The Balaban J connectivity index is 1.47. The second kappa shape index (κ2) is 9.72. The van der Waals surface area contributed by atoms with Crippen LogP contribution in [0.4, 0.5) is 16.2 Å². The molecule has 0 aliphatic rings. The van der Waals surface area contributed by atoms with E-state index < -0.39 is 21.0 Å². The predicted octanol–water partition coefficient (Wildman–Crippen LogP) is 3.73. The van der Waals surface area contributed by atoms with Gasteiger partial charge in [-0.05, 0) is 48.4 Å². The molecule has 3 rings (SSSR count). The first-order chi connectivity index (χ1) is 14.8. The summed E-state index contributed by atoms with van der Waals surface area (Å²) in [6.07, 6.45) is -0.178. The zero-order chi connectivity index (χ0) is 22.3. The second-order valence-electron chi connectivity index (χ2n) is 6.43. The van der Waals surface area contributed by atoms with Gasteiger partial charge in [-0.3, -0.25) is 14.8 Å². The van der Waals surface area contributed by atoms with E-state index >= 15 is 0 Å². The lowest BCUT2D eigenvalue weighted by Crippen LogP contribution is -2.28. The summed E-state index contributed by atoms with van der Waals surface area (Å²) in [4.78, 5) is 22.1. The maximum absolute atomic E-state index is 12.3. The number of ether oxygens (including phenoxy) is 1. The van der Waals surface area contributed by atoms with E-state index in [1.165, 1.54) is 36.4 Å². The molecule has 0 saturated heterocycles. The van der Waals surface area contributed by atoms with Crippen LogP contribution in [0.5, 0.6) is 5.75 Å². The van der Waals surface area contributed by atoms with Crippen LogP contribution in [0.2, 0.25) is 0 Å². The number of sulfonamides is 1. The number of nitro groups is 1. The van der Waals surface area contributed by atoms with Gasteiger partial charge in [0.15, 0.2) is 0 Å². The fraction of sp³-hybridized carbons (Fsp3) is 0.0952. The summed E-state index contributed by atoms with van der Waals surface area (Å²) >= 11 is 0. The van der Waals surface area contributed by atoms with Gasteiger partial charge in [-0.25, -0.2) is 13.2 Å². The highest BCUT2D eigenvalue weighted by molar-refractivity contribution is 7.92. The highest BCUT2D eigenvalue weighted by atomic mass is 32.2. The lowest BCUT2D eigenvalue weighted by Gasteiger charge is -2.09. The van der Waals surface area contributed by atoms with Crippen LogP contribution >= 0.6 is 0 Å². The van der Waals surface area contributed by atoms with Gasteiger partial charge in [-0.2, -0.15) is 0 Å². The van der Waals surface area contributed by atoms with Gasteiger partial charge in [-0.1, -0.05) is 30.3 Å². The molecule has 0 saturated carbocycles. The maximum Gasteiger partial charge on any atom is 0.412 e. The lowest BCUT2D eigenvalue weighted by atomic mass is 10.1. The number of anilines is 1. The van der Waals surface area contributed by atoms with Gasteiger partial charge in [0.05, 0.1) is 9.82 Å². The van der Waals surface area contributed by atoms with Crippen LogP contribution in [0.15, 0.2) is 83.8 Å². The lowest BCUT2D eigenvalue weighted by molar-refractivity contribution is -0.384. The molecule has 0 spiro atoms. The molecule has 31 heavy (non-hydrogen) atoms. The normalized spacial score (nSPS) is 10.8. The standard InChI is InChI=1S/C21H19N3O6S/c25-21(30-19-12-10-18(11-13-19)24(26)27)22-15-14-16-6-8-17(9-7-16)23-31(28,29)20-4-2-1-3-5-20/h1-13,23H,14-15H2,(H,22,25). The smallest absolute Gasteiger partial charge is 0.410 e. The Hall–Kier alpha value is -3.92. The number of nitro benzene ring substituents is 1. The number of carbonyl (C=O) groups excluding carboxylic acids is 1. The Labute approximate surface area is 178 Å². The van der Waals surface area contributed by atoms with Gasteiger partial charge in [0.25, 0.3) is 15.7 Å². The minimum atomic E-state index is -3.65. The van der Waals surface area contributed by atoms with Crippen LogP contribution in [0.25, 0.3) is 0 Å². The number of nitrogens with zero attached hydrogens (tertiary/aromatic N) is 1. The van der Waals surface area contributed by atoms with Gasteiger partial charge >= 0.3 is 6.09 Å². The van der Waals surface area contributed by atoms with E-state index in [-0.39, 0.29) is 16.3 Å². The maximum atomic E-state index is 12.3. The third kappa shape index (κ3) is 6.28. The Kier molecular flexibility index (Phi) is 6.83. The van der Waals surface area contributed by atoms with Crippen molar-refractivity contribution in [3.8, 4) is 5.75 Å². The molecule has 2 N–H and O–H groups in total. The Morgan fingerprint density at radius 2 is 1.58 bits per heavy atom. The minimum absolute atomic E-state index is 0.0951. The Morgan fingerprint density at radius 1 is 0.935 bits per heavy atom. The minimum Gasteiger partial charge on any atom is -0.410 e. The molecule has 3 aromatic carbocycles. The van der Waals surface area contributed by atoms with Gasteiger partial charge in [0.2, 0.25) is 0 Å². The number of non-ortho nitro benzene ring substituents is 1. The predicted molar refractivity (Wildman–Crippen MR) is 115 cm³/mol. The molecular weight excluding hydrogens is 422 g/mol. The zero-order valence-corrected chi connectivity index (χ0v) is 17.0. The van der Waals surface area contributed by atoms with Crippen molar-refractivity contribution in [2.24, 2.45) is 0 Å². The van der Waals surface area contributed by atoms with E-state index in [2.05, 4.69) is 10.0 Å². The number of hydrogen-bond donors (Lipinski definition) is 2. The molecule has 0 bridgehead atoms. The van der Waals surface area contributed by atoms with E-state index in [1.807, 2.05) is 0 Å². The Morgan fingerprint density at radius 3 is 2.19 bits per heavy atom. The van der Waals surface area contributed by atoms with Gasteiger partial charge in [0, 0.05) is 24.4 Å². The number of rotatable bonds is 8. The number of carbonyl (C=O) groups is 1. The van der Waals surface area contributed by atoms with Crippen molar-refractivity contribution < 1.29 is 22.9 Å². The van der Waals surface area contributed by atoms with Crippen molar-refractivity contribution in [2.45, 2.75) is 11.3 Å². The average Bonchev–Trinajstić information content (AvgIpc) is 2.76. The second-order valence-corrected chi connectivity index (χ2v) is 8.12. The highest BCUT2D eigenvalue weighted by Gasteiger charge is 2.13. The molecule has 1 amide bonds. The van der Waals surface area contributed by atoms with Crippen LogP contribution in [-0.4, -0.2) is 26.0 Å². The molecule has 0 heterocycles. The summed E-state index contributed by atoms with van der Waals surface area (Å²) in [5, 5.41) is 13.2. The van der Waals surface area contributed by atoms with Crippen LogP contribution in [-0.2, 0) is 16.4 Å². The molecule has 0 radical (unpaired) electrons. The summed E-state index contributed by atoms with van der Waals surface area (Å²) < 4.78 is 32.2. The third-order valence-electron chi connectivity index (χ3n) is 4.20. The molecule has 10 heteroatoms. The van der Waals surface area contributed by atoms with E-state index in [0.717, 1.165) is 5.56 Å². The molecule has 0 unspecified atom stereocenters. The van der Waals surface area contributed by atoms with Gasteiger partial charge in [0.1, 0.15) is 5.75 Å². The van der Waals surface area contributed by atoms with Crippen molar-refractivity contribution in [1.29, 1.82) is 0 Å². The van der Waals surface area contributed by atoms with E-state index in [0.29, 0.717) is 18.7 Å². The van der Waals surface area contributed by atoms with E-state index in [4.69, 9.17) is 4.74 Å². The summed E-state index contributed by atoms with van der Waals surface area (Å²) in [7, 11) is -3.65.